The van der Waals surface area contributed by atoms with Crippen LogP contribution in [0.4, 0.5) is 5.69 Å². The van der Waals surface area contributed by atoms with Crippen molar-refractivity contribution in [2.45, 2.75) is 31.2 Å². The van der Waals surface area contributed by atoms with E-state index in [1.165, 1.54) is 11.8 Å². The van der Waals surface area contributed by atoms with Crippen LogP contribution < -0.4 is 4.90 Å². The normalized spacial score (nSPS) is 12.0. The van der Waals surface area contributed by atoms with Gasteiger partial charge < -0.3 is 9.32 Å². The fourth-order valence-corrected chi connectivity index (χ4v) is 3.50. The van der Waals surface area contributed by atoms with E-state index in [0.717, 1.165) is 22.4 Å². The molecular weight excluding hydrogens is 346 g/mol. The van der Waals surface area contributed by atoms with Crippen LogP contribution in [0.15, 0.2) is 58.2 Å². The second-order valence-electron chi connectivity index (χ2n) is 6.24. The number of hydrogen-bond acceptors (Lipinski definition) is 5. The van der Waals surface area contributed by atoms with Gasteiger partial charge in [0.15, 0.2) is 0 Å². The topological polar surface area (TPSA) is 59.2 Å². The fourth-order valence-electron chi connectivity index (χ4n) is 2.73. The van der Waals surface area contributed by atoms with Gasteiger partial charge in [-0.3, -0.25) is 4.79 Å². The minimum Gasteiger partial charge on any atom is -0.411 e. The molecule has 1 atom stereocenters. The number of carbonyl (C=O) groups excluding carboxylic acids is 1. The highest BCUT2D eigenvalue weighted by atomic mass is 32.2. The number of aryl methyl sites for hydroxylation is 2. The minimum absolute atomic E-state index is 0.0210. The van der Waals surface area contributed by atoms with E-state index < -0.39 is 0 Å². The molecule has 1 heterocycles. The number of nitrogens with zero attached hydrogens (tertiary/aromatic N) is 3. The third-order valence-electron chi connectivity index (χ3n) is 3.97. The van der Waals surface area contributed by atoms with E-state index in [9.17, 15) is 4.79 Å². The van der Waals surface area contributed by atoms with Crippen LogP contribution in [-0.4, -0.2) is 28.4 Å². The van der Waals surface area contributed by atoms with E-state index >= 15 is 0 Å². The van der Waals surface area contributed by atoms with Gasteiger partial charge in [-0.15, -0.1) is 10.2 Å². The highest BCUT2D eigenvalue weighted by Gasteiger charge is 2.22. The van der Waals surface area contributed by atoms with Crippen LogP contribution in [0.2, 0.25) is 0 Å². The number of aromatic nitrogens is 2. The molecule has 0 aliphatic carbocycles. The summed E-state index contributed by atoms with van der Waals surface area (Å²) in [6, 6.07) is 15.7. The standard InChI is InChI=1S/C20H21N3O2S/c1-13-10-14(2)12-16(11-13)18-21-22-20(25-18)26-15(3)19(24)23(4)17-8-6-5-7-9-17/h5-12,15H,1-4H3/t15-/m1/s1. The van der Waals surface area contributed by atoms with Crippen LogP contribution in [0, 0.1) is 13.8 Å². The van der Waals surface area contributed by atoms with Crippen molar-refractivity contribution in [3.05, 3.63) is 59.7 Å². The van der Waals surface area contributed by atoms with Crippen molar-refractivity contribution in [2.24, 2.45) is 0 Å². The number of thioether (sulfide) groups is 1. The fraction of sp³-hybridized carbons (Fsp3) is 0.250. The van der Waals surface area contributed by atoms with E-state index in [1.54, 1.807) is 11.9 Å². The number of benzene rings is 2. The van der Waals surface area contributed by atoms with Gasteiger partial charge in [-0.1, -0.05) is 47.2 Å². The van der Waals surface area contributed by atoms with E-state index in [-0.39, 0.29) is 11.2 Å². The third-order valence-corrected chi connectivity index (χ3v) is 4.90. The molecule has 0 saturated heterocycles. The Balaban J connectivity index is 1.71. The maximum Gasteiger partial charge on any atom is 0.277 e. The lowest BCUT2D eigenvalue weighted by Gasteiger charge is -2.20. The predicted molar refractivity (Wildman–Crippen MR) is 104 cm³/mol. The van der Waals surface area contributed by atoms with Crippen molar-refractivity contribution in [3.8, 4) is 11.5 Å². The van der Waals surface area contributed by atoms with E-state index in [1.807, 2.05) is 63.2 Å². The Bertz CT molecular complexity index is 888. The van der Waals surface area contributed by atoms with E-state index in [2.05, 4.69) is 16.3 Å². The van der Waals surface area contributed by atoms with Crippen molar-refractivity contribution < 1.29 is 9.21 Å². The Morgan fingerprint density at radius 2 is 1.73 bits per heavy atom. The average molecular weight is 367 g/mol. The zero-order valence-electron chi connectivity index (χ0n) is 15.3. The van der Waals surface area contributed by atoms with Crippen LogP contribution in [0.25, 0.3) is 11.5 Å². The van der Waals surface area contributed by atoms with Gasteiger partial charge in [0.05, 0.1) is 5.25 Å². The predicted octanol–water partition coefficient (Wildman–Crippen LogP) is 4.50. The molecule has 6 heteroatoms. The molecule has 2 aromatic carbocycles. The molecule has 0 saturated carbocycles. The Kier molecular flexibility index (Phi) is 5.42. The molecule has 0 bridgehead atoms. The Morgan fingerprint density at radius 1 is 1.08 bits per heavy atom. The molecule has 0 spiro atoms. The lowest BCUT2D eigenvalue weighted by molar-refractivity contribution is -0.117. The minimum atomic E-state index is -0.340. The summed E-state index contributed by atoms with van der Waals surface area (Å²) in [5.74, 6) is 0.447. The third kappa shape index (κ3) is 4.14. The Morgan fingerprint density at radius 3 is 2.38 bits per heavy atom. The van der Waals surface area contributed by atoms with Crippen LogP contribution in [0.1, 0.15) is 18.1 Å². The second kappa shape index (κ2) is 7.74. The SMILES string of the molecule is Cc1cc(C)cc(-c2nnc(S[C@H](C)C(=O)N(C)c3ccccc3)o2)c1. The van der Waals surface area contributed by atoms with Crippen molar-refractivity contribution in [2.75, 3.05) is 11.9 Å². The smallest absolute Gasteiger partial charge is 0.277 e. The molecule has 0 radical (unpaired) electrons. The van der Waals surface area contributed by atoms with Gasteiger partial charge in [0.2, 0.25) is 11.8 Å². The van der Waals surface area contributed by atoms with Gasteiger partial charge >= 0.3 is 0 Å². The highest BCUT2D eigenvalue weighted by molar-refractivity contribution is 8.00. The molecule has 26 heavy (non-hydrogen) atoms. The first-order valence-corrected chi connectivity index (χ1v) is 9.23. The summed E-state index contributed by atoms with van der Waals surface area (Å²) in [5, 5.41) is 8.25. The molecular formula is C20H21N3O2S. The molecule has 0 aliphatic rings. The lowest BCUT2D eigenvalue weighted by Crippen LogP contribution is -2.33. The maximum absolute atomic E-state index is 12.6. The molecule has 1 aromatic heterocycles. The quantitative estimate of drug-likeness (QED) is 0.622. The zero-order chi connectivity index (χ0) is 18.7. The molecule has 3 rings (SSSR count). The first-order valence-electron chi connectivity index (χ1n) is 8.35. The van der Waals surface area contributed by atoms with Gasteiger partial charge in [-0.2, -0.15) is 0 Å². The number of para-hydroxylation sites is 1. The summed E-state index contributed by atoms with van der Waals surface area (Å²) in [5.41, 5.74) is 4.02. The van der Waals surface area contributed by atoms with Gasteiger partial charge in [0, 0.05) is 18.3 Å². The van der Waals surface area contributed by atoms with Crippen molar-refractivity contribution >= 4 is 23.4 Å². The average Bonchev–Trinajstić information content (AvgIpc) is 3.09. The molecule has 0 fully saturated rings. The van der Waals surface area contributed by atoms with Gasteiger partial charge in [-0.05, 0) is 45.0 Å². The second-order valence-corrected chi connectivity index (χ2v) is 7.53. The number of anilines is 1. The first-order chi connectivity index (χ1) is 12.4. The van der Waals surface area contributed by atoms with Gasteiger partial charge in [0.1, 0.15) is 0 Å². The van der Waals surface area contributed by atoms with Crippen LogP contribution in [-0.2, 0) is 4.79 Å². The number of hydrogen-bond donors (Lipinski definition) is 0. The van der Waals surface area contributed by atoms with E-state index in [4.69, 9.17) is 4.42 Å². The summed E-state index contributed by atoms with van der Waals surface area (Å²) in [6.07, 6.45) is 0. The van der Waals surface area contributed by atoms with Gasteiger partial charge in [-0.25, -0.2) is 0 Å². The summed E-state index contributed by atoms with van der Waals surface area (Å²) in [4.78, 5) is 14.3. The molecule has 0 N–H and O–H groups in total. The zero-order valence-corrected chi connectivity index (χ0v) is 16.1. The summed E-state index contributed by atoms with van der Waals surface area (Å²) < 4.78 is 5.76. The molecule has 134 valence electrons. The lowest BCUT2D eigenvalue weighted by atomic mass is 10.1. The van der Waals surface area contributed by atoms with Crippen LogP contribution in [0.5, 0.6) is 0 Å². The molecule has 3 aromatic rings. The number of amides is 1. The summed E-state index contributed by atoms with van der Waals surface area (Å²) in [6.45, 7) is 5.90. The first kappa shape index (κ1) is 18.2. The van der Waals surface area contributed by atoms with Crippen molar-refractivity contribution in [1.29, 1.82) is 0 Å². The molecule has 1 amide bonds. The Labute approximate surface area is 157 Å². The summed E-state index contributed by atoms with van der Waals surface area (Å²) in [7, 11) is 1.77. The molecule has 0 unspecified atom stereocenters. The maximum atomic E-state index is 12.6. The Hall–Kier alpha value is -2.60. The van der Waals surface area contributed by atoms with Crippen molar-refractivity contribution in [1.82, 2.24) is 10.2 Å². The highest BCUT2D eigenvalue weighted by Crippen LogP contribution is 2.28. The van der Waals surface area contributed by atoms with Crippen LogP contribution >= 0.6 is 11.8 Å². The molecule has 0 aliphatic heterocycles. The number of carbonyl (C=O) groups is 1. The largest absolute Gasteiger partial charge is 0.411 e. The summed E-state index contributed by atoms with van der Waals surface area (Å²) >= 11 is 1.27. The van der Waals surface area contributed by atoms with E-state index in [0.29, 0.717) is 11.1 Å². The van der Waals surface area contributed by atoms with Gasteiger partial charge in [0.25, 0.3) is 5.22 Å². The number of rotatable bonds is 5. The molecule has 5 nitrogen and oxygen atoms in total. The monoisotopic (exact) mass is 367 g/mol. The van der Waals surface area contributed by atoms with Crippen LogP contribution in [0.3, 0.4) is 0 Å². The van der Waals surface area contributed by atoms with Crippen molar-refractivity contribution in [3.63, 3.8) is 0 Å².